The fourth-order valence-corrected chi connectivity index (χ4v) is 3.06. The van der Waals surface area contributed by atoms with Gasteiger partial charge in [0.2, 0.25) is 0 Å². The van der Waals surface area contributed by atoms with Crippen molar-refractivity contribution in [1.29, 1.82) is 0 Å². The third-order valence-corrected chi connectivity index (χ3v) is 4.39. The Bertz CT molecular complexity index is 101. The molecule has 0 bridgehead atoms. The number of rotatable bonds is 10. The number of unbranched alkanes of at least 4 members (excludes halogenated alkanes) is 5. The molecule has 0 spiro atoms. The molecule has 14 heavy (non-hydrogen) atoms. The molecule has 86 valence electrons. The van der Waals surface area contributed by atoms with E-state index in [-0.39, 0.29) is 0 Å². The first-order valence-corrected chi connectivity index (χ1v) is 7.83. The van der Waals surface area contributed by atoms with E-state index in [0.29, 0.717) is 0 Å². The predicted octanol–water partition coefficient (Wildman–Crippen LogP) is 5.21. The van der Waals surface area contributed by atoms with Gasteiger partial charge in [-0.05, 0) is 24.7 Å². The lowest BCUT2D eigenvalue weighted by Crippen LogP contribution is -1.95. The highest BCUT2D eigenvalue weighted by Crippen LogP contribution is 2.25. The second-order valence-corrected chi connectivity index (χ2v) is 6.31. The molecule has 0 radical (unpaired) electrons. The van der Waals surface area contributed by atoms with E-state index in [4.69, 9.17) is 0 Å². The van der Waals surface area contributed by atoms with Gasteiger partial charge in [0, 0.05) is 0 Å². The third kappa shape index (κ3) is 10.5. The number of hydrogen-bond acceptors (Lipinski definition) is 0. The second kappa shape index (κ2) is 11.5. The minimum absolute atomic E-state index is 1.00. The Kier molecular flexibility index (Phi) is 11.9. The lowest BCUT2D eigenvalue weighted by molar-refractivity contribution is 0.659. The minimum Gasteiger partial charge on any atom is -0.119 e. The van der Waals surface area contributed by atoms with E-state index < -0.39 is 0 Å². The van der Waals surface area contributed by atoms with Gasteiger partial charge in [0.15, 0.2) is 0 Å². The molecule has 0 aliphatic carbocycles. The van der Waals surface area contributed by atoms with Crippen molar-refractivity contribution in [3.63, 3.8) is 0 Å². The van der Waals surface area contributed by atoms with Crippen LogP contribution in [-0.2, 0) is 0 Å². The van der Waals surface area contributed by atoms with Crippen LogP contribution in [0.5, 0.6) is 0 Å². The molecule has 0 nitrogen and oxygen atoms in total. The largest absolute Gasteiger partial charge is 0.119 e. The van der Waals surface area contributed by atoms with E-state index >= 15 is 0 Å². The van der Waals surface area contributed by atoms with Gasteiger partial charge in [0.1, 0.15) is 0 Å². The average molecular weight is 216 g/mol. The van der Waals surface area contributed by atoms with Crippen molar-refractivity contribution in [1.82, 2.24) is 0 Å². The molecule has 0 aliphatic heterocycles. The van der Waals surface area contributed by atoms with Crippen LogP contribution in [0, 0.1) is 0 Å². The molecule has 1 heteroatoms. The summed E-state index contributed by atoms with van der Waals surface area (Å²) in [4.78, 5) is 0. The predicted molar refractivity (Wildman–Crippen MR) is 70.9 cm³/mol. The fraction of sp³-hybridized carbons (Fsp3) is 1.00. The summed E-state index contributed by atoms with van der Waals surface area (Å²) in [6.07, 6.45) is 13.0. The van der Waals surface area contributed by atoms with Crippen LogP contribution in [0.1, 0.15) is 72.1 Å². The summed E-state index contributed by atoms with van der Waals surface area (Å²) >= 11 is 0. The van der Waals surface area contributed by atoms with Crippen molar-refractivity contribution in [2.24, 2.45) is 0 Å². The van der Waals surface area contributed by atoms with E-state index in [1.807, 2.05) is 0 Å². The van der Waals surface area contributed by atoms with Gasteiger partial charge in [-0.2, -0.15) is 0 Å². The molecule has 0 saturated heterocycles. The molecule has 2 atom stereocenters. The van der Waals surface area contributed by atoms with Crippen molar-refractivity contribution in [2.75, 3.05) is 6.16 Å². The average Bonchev–Trinajstić information content (AvgIpc) is 2.18. The molecule has 0 aromatic carbocycles. The van der Waals surface area contributed by atoms with Crippen LogP contribution in [0.3, 0.4) is 0 Å². The zero-order chi connectivity index (χ0) is 10.6. The Morgan fingerprint density at radius 2 is 1.50 bits per heavy atom. The molecule has 0 saturated carbocycles. The zero-order valence-corrected chi connectivity index (χ0v) is 11.4. The SMILES string of the molecule is CCCCCCPC(C)CCCCC. The third-order valence-electron chi connectivity index (χ3n) is 2.76. The summed E-state index contributed by atoms with van der Waals surface area (Å²) in [5, 5.41) is 0. The normalized spacial score (nSPS) is 13.9. The van der Waals surface area contributed by atoms with E-state index in [0.717, 1.165) is 5.66 Å². The quantitative estimate of drug-likeness (QED) is 0.347. The second-order valence-electron chi connectivity index (χ2n) is 4.41. The van der Waals surface area contributed by atoms with Crippen LogP contribution in [0.4, 0.5) is 0 Å². The maximum absolute atomic E-state index is 2.44. The van der Waals surface area contributed by atoms with Gasteiger partial charge in [0.05, 0.1) is 0 Å². The Labute approximate surface area is 93.0 Å². The maximum Gasteiger partial charge on any atom is -0.0265 e. The summed E-state index contributed by atoms with van der Waals surface area (Å²) in [6.45, 7) is 7.02. The van der Waals surface area contributed by atoms with E-state index in [1.165, 1.54) is 66.1 Å². The molecule has 0 aromatic heterocycles. The summed E-state index contributed by atoms with van der Waals surface area (Å²) in [5.41, 5.74) is 1.00. The van der Waals surface area contributed by atoms with Gasteiger partial charge < -0.3 is 0 Å². The maximum atomic E-state index is 2.44. The van der Waals surface area contributed by atoms with E-state index in [2.05, 4.69) is 20.8 Å². The zero-order valence-electron chi connectivity index (χ0n) is 10.4. The van der Waals surface area contributed by atoms with Gasteiger partial charge in [0.25, 0.3) is 0 Å². The molecule has 0 aromatic rings. The molecule has 0 heterocycles. The Hall–Kier alpha value is 0.430. The standard InChI is InChI=1S/C13H29P/c1-4-6-8-10-12-14-13(3)11-9-7-5-2/h13-14H,4-12H2,1-3H3. The first-order chi connectivity index (χ1) is 6.81. The molecule has 0 rings (SSSR count). The molecular formula is C13H29P. The number of hydrogen-bond donors (Lipinski definition) is 0. The van der Waals surface area contributed by atoms with Crippen molar-refractivity contribution in [3.8, 4) is 0 Å². The Morgan fingerprint density at radius 1 is 0.857 bits per heavy atom. The van der Waals surface area contributed by atoms with Gasteiger partial charge in [-0.1, -0.05) is 59.3 Å². The van der Waals surface area contributed by atoms with Gasteiger partial charge >= 0.3 is 0 Å². The van der Waals surface area contributed by atoms with Crippen LogP contribution in [-0.4, -0.2) is 11.8 Å². The molecule has 0 fully saturated rings. The highest BCUT2D eigenvalue weighted by molar-refractivity contribution is 7.38. The van der Waals surface area contributed by atoms with E-state index in [9.17, 15) is 0 Å². The lowest BCUT2D eigenvalue weighted by atomic mass is 10.2. The lowest BCUT2D eigenvalue weighted by Gasteiger charge is -2.10. The van der Waals surface area contributed by atoms with Crippen LogP contribution >= 0.6 is 8.58 Å². The molecule has 0 N–H and O–H groups in total. The van der Waals surface area contributed by atoms with Crippen molar-refractivity contribution >= 4 is 8.58 Å². The first kappa shape index (κ1) is 14.4. The Morgan fingerprint density at radius 3 is 2.14 bits per heavy atom. The summed E-state index contributed by atoms with van der Waals surface area (Å²) in [5.74, 6) is 0. The summed E-state index contributed by atoms with van der Waals surface area (Å²) < 4.78 is 0. The highest BCUT2D eigenvalue weighted by atomic mass is 31.1. The topological polar surface area (TPSA) is 0 Å². The van der Waals surface area contributed by atoms with Crippen LogP contribution in [0.15, 0.2) is 0 Å². The highest BCUT2D eigenvalue weighted by Gasteiger charge is 2.00. The molecule has 0 aliphatic rings. The van der Waals surface area contributed by atoms with Crippen LogP contribution < -0.4 is 0 Å². The van der Waals surface area contributed by atoms with E-state index in [1.54, 1.807) is 0 Å². The molecule has 0 amide bonds. The van der Waals surface area contributed by atoms with Gasteiger partial charge in [-0.15, -0.1) is 8.58 Å². The van der Waals surface area contributed by atoms with Crippen molar-refractivity contribution in [3.05, 3.63) is 0 Å². The van der Waals surface area contributed by atoms with Gasteiger partial charge in [-0.3, -0.25) is 0 Å². The monoisotopic (exact) mass is 216 g/mol. The smallest absolute Gasteiger partial charge is 0.0265 e. The minimum atomic E-state index is 1.00. The summed E-state index contributed by atoms with van der Waals surface area (Å²) in [7, 11) is 1.23. The fourth-order valence-electron chi connectivity index (χ4n) is 1.70. The van der Waals surface area contributed by atoms with Crippen molar-refractivity contribution in [2.45, 2.75) is 77.8 Å². The first-order valence-electron chi connectivity index (χ1n) is 6.54. The van der Waals surface area contributed by atoms with Crippen molar-refractivity contribution < 1.29 is 0 Å². The van der Waals surface area contributed by atoms with Crippen LogP contribution in [0.2, 0.25) is 0 Å². The molecular weight excluding hydrogens is 187 g/mol. The molecule has 2 unspecified atom stereocenters. The Balaban J connectivity index is 3.06. The van der Waals surface area contributed by atoms with Gasteiger partial charge in [-0.25, -0.2) is 0 Å². The summed E-state index contributed by atoms with van der Waals surface area (Å²) in [6, 6.07) is 0. The van der Waals surface area contributed by atoms with Crippen LogP contribution in [0.25, 0.3) is 0 Å².